The predicted molar refractivity (Wildman–Crippen MR) is 62.5 cm³/mol. The van der Waals surface area contributed by atoms with Gasteiger partial charge in [-0.25, -0.2) is 9.18 Å². The number of carboxylic acid groups (broad SMARTS) is 1. The highest BCUT2D eigenvalue weighted by Crippen LogP contribution is 2.15. The number of rotatable bonds is 6. The second-order valence-electron chi connectivity index (χ2n) is 3.36. The number of nitrogens with one attached hydrogen (secondary N) is 1. The number of aliphatic carboxylic acids is 1. The quantitative estimate of drug-likeness (QED) is 0.819. The highest BCUT2D eigenvalue weighted by atomic mass is 35.5. The summed E-state index contributed by atoms with van der Waals surface area (Å²) in [4.78, 5) is 21.7. The van der Waals surface area contributed by atoms with E-state index < -0.39 is 31.2 Å². The van der Waals surface area contributed by atoms with Gasteiger partial charge >= 0.3 is 5.97 Å². The van der Waals surface area contributed by atoms with Crippen molar-refractivity contribution >= 4 is 23.5 Å². The van der Waals surface area contributed by atoms with Gasteiger partial charge in [-0.3, -0.25) is 4.79 Å². The zero-order valence-corrected chi connectivity index (χ0v) is 9.98. The first kappa shape index (κ1) is 14.2. The fraction of sp³-hybridized carbons (Fsp3) is 0.273. The topological polar surface area (TPSA) is 75.6 Å². The number of benzene rings is 1. The van der Waals surface area contributed by atoms with E-state index in [1.807, 2.05) is 5.32 Å². The van der Waals surface area contributed by atoms with E-state index in [1.54, 1.807) is 24.3 Å². The molecule has 1 atom stereocenters. The van der Waals surface area contributed by atoms with Gasteiger partial charge in [0, 0.05) is 5.02 Å². The van der Waals surface area contributed by atoms with Gasteiger partial charge in [-0.2, -0.15) is 0 Å². The molecule has 1 aromatic rings. The zero-order chi connectivity index (χ0) is 13.5. The van der Waals surface area contributed by atoms with Crippen LogP contribution in [-0.4, -0.2) is 36.3 Å². The first-order valence-electron chi connectivity index (χ1n) is 4.99. The third kappa shape index (κ3) is 4.58. The van der Waals surface area contributed by atoms with E-state index in [9.17, 15) is 14.0 Å². The second-order valence-corrected chi connectivity index (χ2v) is 3.79. The van der Waals surface area contributed by atoms with Gasteiger partial charge in [0.1, 0.15) is 12.4 Å². The molecule has 1 unspecified atom stereocenters. The van der Waals surface area contributed by atoms with Gasteiger partial charge in [-0.1, -0.05) is 11.6 Å². The Balaban J connectivity index is 2.41. The minimum atomic E-state index is -1.55. The van der Waals surface area contributed by atoms with Crippen LogP contribution in [0.3, 0.4) is 0 Å². The molecule has 1 aromatic carbocycles. The molecule has 1 amide bonds. The number of hydrogen-bond donors (Lipinski definition) is 2. The number of carbonyl (C=O) groups excluding carboxylic acids is 1. The molecule has 98 valence electrons. The fourth-order valence-electron chi connectivity index (χ4n) is 1.08. The molecular weight excluding hydrogens is 265 g/mol. The molecule has 0 bridgehead atoms. The summed E-state index contributed by atoms with van der Waals surface area (Å²) in [6.45, 7) is -1.58. The summed E-state index contributed by atoms with van der Waals surface area (Å²) in [5.74, 6) is -1.74. The van der Waals surface area contributed by atoms with Gasteiger partial charge in [0.2, 0.25) is 0 Å². The number of amides is 1. The van der Waals surface area contributed by atoms with Gasteiger partial charge in [0.15, 0.2) is 12.6 Å². The maximum atomic E-state index is 12.2. The molecule has 0 fully saturated rings. The first-order valence-corrected chi connectivity index (χ1v) is 5.37. The van der Waals surface area contributed by atoms with Crippen molar-refractivity contribution < 1.29 is 23.8 Å². The van der Waals surface area contributed by atoms with Crippen LogP contribution in [-0.2, 0) is 9.59 Å². The SMILES string of the molecule is O=C(COc1ccc(Cl)cc1)NC(CF)C(=O)O. The summed E-state index contributed by atoms with van der Waals surface area (Å²) >= 11 is 5.66. The van der Waals surface area contributed by atoms with Crippen LogP contribution in [0.5, 0.6) is 5.75 Å². The lowest BCUT2D eigenvalue weighted by atomic mass is 10.3. The Morgan fingerprint density at radius 2 is 2.00 bits per heavy atom. The smallest absolute Gasteiger partial charge is 0.328 e. The maximum absolute atomic E-state index is 12.2. The predicted octanol–water partition coefficient (Wildman–Crippen LogP) is 1.26. The van der Waals surface area contributed by atoms with Gasteiger partial charge in [-0.15, -0.1) is 0 Å². The van der Waals surface area contributed by atoms with Crippen LogP contribution < -0.4 is 10.1 Å². The summed E-state index contributed by atoms with van der Waals surface area (Å²) in [6.07, 6.45) is 0. The number of carbonyl (C=O) groups is 2. The van der Waals surface area contributed by atoms with E-state index in [0.29, 0.717) is 10.8 Å². The van der Waals surface area contributed by atoms with Gasteiger partial charge in [0.05, 0.1) is 0 Å². The number of carboxylic acids is 1. The van der Waals surface area contributed by atoms with Crippen molar-refractivity contribution in [3.8, 4) is 5.75 Å². The van der Waals surface area contributed by atoms with Crippen molar-refractivity contribution in [3.63, 3.8) is 0 Å². The van der Waals surface area contributed by atoms with E-state index in [1.165, 1.54) is 0 Å². The highest BCUT2D eigenvalue weighted by molar-refractivity contribution is 6.30. The molecule has 0 saturated carbocycles. The average molecular weight is 276 g/mol. The summed E-state index contributed by atoms with van der Waals surface area (Å²) < 4.78 is 17.3. The van der Waals surface area contributed by atoms with Crippen LogP contribution in [0.25, 0.3) is 0 Å². The van der Waals surface area contributed by atoms with Crippen LogP contribution in [0.2, 0.25) is 5.02 Å². The third-order valence-corrected chi connectivity index (χ3v) is 2.22. The Hall–Kier alpha value is -1.82. The minimum absolute atomic E-state index is 0.397. The molecule has 18 heavy (non-hydrogen) atoms. The molecule has 5 nitrogen and oxygen atoms in total. The van der Waals surface area contributed by atoms with Crippen molar-refractivity contribution in [3.05, 3.63) is 29.3 Å². The molecule has 2 N–H and O–H groups in total. The Morgan fingerprint density at radius 3 is 2.50 bits per heavy atom. The van der Waals surface area contributed by atoms with Crippen molar-refractivity contribution in [2.75, 3.05) is 13.3 Å². The van der Waals surface area contributed by atoms with Crippen LogP contribution in [0.15, 0.2) is 24.3 Å². The normalized spacial score (nSPS) is 11.7. The zero-order valence-electron chi connectivity index (χ0n) is 9.23. The average Bonchev–Trinajstić information content (AvgIpc) is 2.35. The molecular formula is C11H11ClFNO4. The summed E-state index contributed by atoms with van der Waals surface area (Å²) in [6, 6.07) is 4.72. The van der Waals surface area contributed by atoms with Gasteiger partial charge < -0.3 is 15.2 Å². The van der Waals surface area contributed by atoms with Crippen LogP contribution >= 0.6 is 11.6 Å². The lowest BCUT2D eigenvalue weighted by molar-refractivity contribution is -0.142. The van der Waals surface area contributed by atoms with Crippen LogP contribution in [0, 0.1) is 0 Å². The number of ether oxygens (including phenoxy) is 1. The largest absolute Gasteiger partial charge is 0.484 e. The Bertz CT molecular complexity index is 424. The monoisotopic (exact) mass is 275 g/mol. The summed E-state index contributed by atoms with van der Waals surface area (Å²) in [5, 5.41) is 11.0. The van der Waals surface area contributed by atoms with Crippen molar-refractivity contribution in [1.29, 1.82) is 0 Å². The van der Waals surface area contributed by atoms with E-state index in [2.05, 4.69) is 0 Å². The molecule has 0 saturated heterocycles. The third-order valence-electron chi connectivity index (χ3n) is 1.97. The fourth-order valence-corrected chi connectivity index (χ4v) is 1.21. The molecule has 0 spiro atoms. The molecule has 0 heterocycles. The highest BCUT2D eigenvalue weighted by Gasteiger charge is 2.19. The molecule has 0 aliphatic rings. The first-order chi connectivity index (χ1) is 8.52. The summed E-state index contributed by atoms with van der Waals surface area (Å²) in [5.41, 5.74) is 0. The lowest BCUT2D eigenvalue weighted by Gasteiger charge is -2.11. The molecule has 7 heteroatoms. The molecule has 0 aliphatic carbocycles. The van der Waals surface area contributed by atoms with E-state index in [4.69, 9.17) is 21.4 Å². The van der Waals surface area contributed by atoms with E-state index in [0.717, 1.165) is 0 Å². The molecule has 1 rings (SSSR count). The summed E-state index contributed by atoms with van der Waals surface area (Å²) in [7, 11) is 0. The number of alkyl halides is 1. The Morgan fingerprint density at radius 1 is 1.39 bits per heavy atom. The van der Waals surface area contributed by atoms with Crippen molar-refractivity contribution in [2.45, 2.75) is 6.04 Å². The lowest BCUT2D eigenvalue weighted by Crippen LogP contribution is -2.44. The standard InChI is InChI=1S/C11H11ClFNO4/c12-7-1-3-8(4-2-7)18-6-10(15)14-9(5-13)11(16)17/h1-4,9H,5-6H2,(H,14,15)(H,16,17). The molecule has 0 aliphatic heterocycles. The second kappa shape index (κ2) is 6.80. The Labute approximate surface area is 108 Å². The molecule has 0 radical (unpaired) electrons. The molecule has 0 aromatic heterocycles. The maximum Gasteiger partial charge on any atom is 0.328 e. The van der Waals surface area contributed by atoms with Gasteiger partial charge in [-0.05, 0) is 24.3 Å². The van der Waals surface area contributed by atoms with Crippen LogP contribution in [0.4, 0.5) is 4.39 Å². The van der Waals surface area contributed by atoms with Gasteiger partial charge in [0.25, 0.3) is 5.91 Å². The Kier molecular flexibility index (Phi) is 5.38. The van der Waals surface area contributed by atoms with E-state index >= 15 is 0 Å². The minimum Gasteiger partial charge on any atom is -0.484 e. The number of halogens is 2. The van der Waals surface area contributed by atoms with Crippen molar-refractivity contribution in [2.24, 2.45) is 0 Å². The van der Waals surface area contributed by atoms with Crippen LogP contribution in [0.1, 0.15) is 0 Å². The number of hydrogen-bond acceptors (Lipinski definition) is 3. The van der Waals surface area contributed by atoms with Crippen molar-refractivity contribution in [1.82, 2.24) is 5.32 Å². The van der Waals surface area contributed by atoms with E-state index in [-0.39, 0.29) is 0 Å².